The molecule has 0 amide bonds. The summed E-state index contributed by atoms with van der Waals surface area (Å²) in [6.45, 7) is 5.71. The monoisotopic (exact) mass is 231 g/mol. The van der Waals surface area contributed by atoms with Crippen molar-refractivity contribution in [2.45, 2.75) is 20.8 Å². The molecule has 16 heavy (non-hydrogen) atoms. The van der Waals surface area contributed by atoms with E-state index in [4.69, 9.17) is 0 Å². The first-order valence-corrected chi connectivity index (χ1v) is 6.00. The predicted octanol–water partition coefficient (Wildman–Crippen LogP) is 3.63. The van der Waals surface area contributed by atoms with Crippen LogP contribution in [0.4, 0.5) is 0 Å². The lowest BCUT2D eigenvalue weighted by molar-refractivity contribution is 0.101. The molecule has 0 N–H and O–H groups in total. The number of ketones is 1. The average Bonchev–Trinajstić information content (AvgIpc) is 2.71. The van der Waals surface area contributed by atoms with E-state index >= 15 is 0 Å². The Balaban J connectivity index is 2.42. The molecule has 3 heteroatoms. The molecule has 0 aliphatic carbocycles. The second-order valence-electron chi connectivity index (χ2n) is 3.89. The summed E-state index contributed by atoms with van der Waals surface area (Å²) in [5, 5.41) is 2.51. The maximum absolute atomic E-state index is 11.2. The summed E-state index contributed by atoms with van der Waals surface area (Å²) >= 11 is 1.40. The van der Waals surface area contributed by atoms with Crippen LogP contribution in [0.3, 0.4) is 0 Å². The molecule has 2 aromatic rings. The SMILES string of the molecule is CC(=O)c1nc(-c2ccc(C)c(C)c2)cs1. The van der Waals surface area contributed by atoms with Crippen LogP contribution in [-0.4, -0.2) is 10.8 Å². The Morgan fingerprint density at radius 1 is 1.25 bits per heavy atom. The number of aryl methyl sites for hydroxylation is 2. The van der Waals surface area contributed by atoms with E-state index in [0.717, 1.165) is 11.3 Å². The Hall–Kier alpha value is -1.48. The molecule has 0 aliphatic heterocycles. The van der Waals surface area contributed by atoms with Gasteiger partial charge in [0, 0.05) is 17.9 Å². The maximum atomic E-state index is 11.2. The van der Waals surface area contributed by atoms with Gasteiger partial charge in [0.1, 0.15) is 0 Å². The van der Waals surface area contributed by atoms with Gasteiger partial charge >= 0.3 is 0 Å². The van der Waals surface area contributed by atoms with Crippen LogP contribution in [0, 0.1) is 13.8 Å². The number of carbonyl (C=O) groups excluding carboxylic acids is 1. The van der Waals surface area contributed by atoms with Crippen LogP contribution in [0.2, 0.25) is 0 Å². The second-order valence-corrected chi connectivity index (χ2v) is 4.75. The van der Waals surface area contributed by atoms with Gasteiger partial charge < -0.3 is 0 Å². The minimum absolute atomic E-state index is 0.0279. The summed E-state index contributed by atoms with van der Waals surface area (Å²) in [6.07, 6.45) is 0. The molecule has 0 unspecified atom stereocenters. The number of carbonyl (C=O) groups is 1. The summed E-state index contributed by atoms with van der Waals surface area (Å²) in [5.74, 6) is 0.0279. The maximum Gasteiger partial charge on any atom is 0.188 e. The van der Waals surface area contributed by atoms with Gasteiger partial charge in [-0.2, -0.15) is 0 Å². The molecule has 2 nitrogen and oxygen atoms in total. The predicted molar refractivity (Wildman–Crippen MR) is 67.0 cm³/mol. The van der Waals surface area contributed by atoms with Crippen LogP contribution in [-0.2, 0) is 0 Å². The lowest BCUT2D eigenvalue weighted by atomic mass is 10.1. The van der Waals surface area contributed by atoms with E-state index in [1.165, 1.54) is 22.5 Å². The van der Waals surface area contributed by atoms with Gasteiger partial charge in [-0.1, -0.05) is 12.1 Å². The van der Waals surface area contributed by atoms with Crippen molar-refractivity contribution in [3.8, 4) is 11.3 Å². The Bertz CT molecular complexity index is 543. The van der Waals surface area contributed by atoms with Crippen LogP contribution in [0.25, 0.3) is 11.3 Å². The van der Waals surface area contributed by atoms with Crippen molar-refractivity contribution in [1.82, 2.24) is 4.98 Å². The standard InChI is InChI=1S/C13H13NOS/c1-8-4-5-11(6-9(8)2)12-7-16-13(14-12)10(3)15/h4-7H,1-3H3. The molecule has 2 rings (SSSR count). The minimum Gasteiger partial charge on any atom is -0.292 e. The third-order valence-corrected chi connectivity index (χ3v) is 3.55. The highest BCUT2D eigenvalue weighted by Gasteiger charge is 2.08. The first kappa shape index (κ1) is 11.0. The lowest BCUT2D eigenvalue weighted by Gasteiger charge is -2.02. The van der Waals surface area contributed by atoms with Crippen LogP contribution < -0.4 is 0 Å². The van der Waals surface area contributed by atoms with Gasteiger partial charge in [0.25, 0.3) is 0 Å². The van der Waals surface area contributed by atoms with Crippen molar-refractivity contribution < 1.29 is 4.79 Å². The summed E-state index contributed by atoms with van der Waals surface area (Å²) in [4.78, 5) is 15.5. The molecular formula is C13H13NOS. The third kappa shape index (κ3) is 2.04. The first-order chi connectivity index (χ1) is 7.58. The Morgan fingerprint density at radius 3 is 2.56 bits per heavy atom. The Morgan fingerprint density at radius 2 is 2.00 bits per heavy atom. The van der Waals surface area contributed by atoms with Crippen LogP contribution >= 0.6 is 11.3 Å². The highest BCUT2D eigenvalue weighted by atomic mass is 32.1. The van der Waals surface area contributed by atoms with Gasteiger partial charge in [0.15, 0.2) is 10.8 Å². The van der Waals surface area contributed by atoms with Crippen molar-refractivity contribution in [3.05, 3.63) is 39.7 Å². The zero-order chi connectivity index (χ0) is 11.7. The van der Waals surface area contributed by atoms with Crippen molar-refractivity contribution in [2.24, 2.45) is 0 Å². The van der Waals surface area contributed by atoms with Gasteiger partial charge in [-0.05, 0) is 31.0 Å². The highest BCUT2D eigenvalue weighted by Crippen LogP contribution is 2.24. The van der Waals surface area contributed by atoms with Crippen LogP contribution in [0.15, 0.2) is 23.6 Å². The summed E-state index contributed by atoms with van der Waals surface area (Å²) in [6, 6.07) is 6.23. The number of benzene rings is 1. The number of Topliss-reactive ketones (excluding diaryl/α,β-unsaturated/α-hetero) is 1. The van der Waals surface area contributed by atoms with E-state index in [9.17, 15) is 4.79 Å². The van der Waals surface area contributed by atoms with E-state index in [0.29, 0.717) is 5.01 Å². The quantitative estimate of drug-likeness (QED) is 0.739. The van der Waals surface area contributed by atoms with Crippen molar-refractivity contribution >= 4 is 17.1 Å². The normalized spacial score (nSPS) is 10.4. The Kier molecular flexibility index (Phi) is 2.88. The number of aromatic nitrogens is 1. The number of hydrogen-bond acceptors (Lipinski definition) is 3. The molecule has 1 aromatic carbocycles. The number of hydrogen-bond donors (Lipinski definition) is 0. The second kappa shape index (κ2) is 4.18. The van der Waals surface area contributed by atoms with E-state index < -0.39 is 0 Å². The molecule has 0 radical (unpaired) electrons. The van der Waals surface area contributed by atoms with Crippen molar-refractivity contribution in [2.75, 3.05) is 0 Å². The van der Waals surface area contributed by atoms with Gasteiger partial charge in [-0.25, -0.2) is 4.98 Å². The molecule has 82 valence electrons. The molecule has 0 saturated carbocycles. The van der Waals surface area contributed by atoms with Gasteiger partial charge in [0.05, 0.1) is 5.69 Å². The molecule has 0 bridgehead atoms. The van der Waals surface area contributed by atoms with Gasteiger partial charge in [-0.15, -0.1) is 11.3 Å². The fourth-order valence-corrected chi connectivity index (χ4v) is 2.20. The Labute approximate surface area is 99.0 Å². The largest absolute Gasteiger partial charge is 0.292 e. The van der Waals surface area contributed by atoms with E-state index in [1.807, 2.05) is 11.4 Å². The summed E-state index contributed by atoms with van der Waals surface area (Å²) in [7, 11) is 0. The lowest BCUT2D eigenvalue weighted by Crippen LogP contribution is -1.90. The molecule has 1 heterocycles. The number of thiazole rings is 1. The molecule has 0 atom stereocenters. The van der Waals surface area contributed by atoms with E-state index in [2.05, 4.69) is 31.0 Å². The first-order valence-electron chi connectivity index (χ1n) is 5.12. The topological polar surface area (TPSA) is 30.0 Å². The molecule has 1 aromatic heterocycles. The fraction of sp³-hybridized carbons (Fsp3) is 0.231. The molecule has 0 aliphatic rings. The zero-order valence-corrected chi connectivity index (χ0v) is 10.4. The number of rotatable bonds is 2. The van der Waals surface area contributed by atoms with Crippen molar-refractivity contribution in [3.63, 3.8) is 0 Å². The van der Waals surface area contributed by atoms with Crippen LogP contribution in [0.5, 0.6) is 0 Å². The summed E-state index contributed by atoms with van der Waals surface area (Å²) < 4.78 is 0. The summed E-state index contributed by atoms with van der Waals surface area (Å²) in [5.41, 5.74) is 4.48. The zero-order valence-electron chi connectivity index (χ0n) is 9.57. The van der Waals surface area contributed by atoms with Gasteiger partial charge in [0.2, 0.25) is 0 Å². The average molecular weight is 231 g/mol. The van der Waals surface area contributed by atoms with Crippen molar-refractivity contribution in [1.29, 1.82) is 0 Å². The van der Waals surface area contributed by atoms with Crippen LogP contribution in [0.1, 0.15) is 27.9 Å². The molecule has 0 fully saturated rings. The third-order valence-electron chi connectivity index (χ3n) is 2.61. The smallest absolute Gasteiger partial charge is 0.188 e. The minimum atomic E-state index is 0.0279. The van der Waals surface area contributed by atoms with E-state index in [-0.39, 0.29) is 5.78 Å². The highest BCUT2D eigenvalue weighted by molar-refractivity contribution is 7.12. The number of nitrogens with zero attached hydrogens (tertiary/aromatic N) is 1. The van der Waals surface area contributed by atoms with Gasteiger partial charge in [-0.3, -0.25) is 4.79 Å². The van der Waals surface area contributed by atoms with E-state index in [1.54, 1.807) is 6.92 Å². The fourth-order valence-electron chi connectivity index (χ4n) is 1.47. The molecule has 0 spiro atoms. The molecular weight excluding hydrogens is 218 g/mol. The molecule has 0 saturated heterocycles.